The van der Waals surface area contributed by atoms with Gasteiger partial charge in [-0.1, -0.05) is 109 Å². The molecule has 0 N–H and O–H groups in total. The first kappa shape index (κ1) is 26.9. The minimum absolute atomic E-state index is 0.609. The molecule has 0 fully saturated rings. The van der Waals surface area contributed by atoms with E-state index in [1.807, 2.05) is 72.0 Å². The SMILES string of the molecule is c1ccc(-c2nc(-c3ccc(-c4nc5ccccc5c5sc6ccccc6c45)cc3)nc(-c3ccc4oc5ccccc5c4c3)n2)cc1. The lowest BCUT2D eigenvalue weighted by Gasteiger charge is -2.10. The first-order valence-corrected chi connectivity index (χ1v) is 16.6. The monoisotopic (exact) mass is 632 g/mol. The van der Waals surface area contributed by atoms with Gasteiger partial charge in [0.15, 0.2) is 17.5 Å². The van der Waals surface area contributed by atoms with Crippen LogP contribution in [0.3, 0.4) is 0 Å². The van der Waals surface area contributed by atoms with Crippen LogP contribution in [0, 0.1) is 0 Å². The van der Waals surface area contributed by atoms with Crippen LogP contribution in [0.2, 0.25) is 0 Å². The van der Waals surface area contributed by atoms with Gasteiger partial charge in [0.25, 0.3) is 0 Å². The van der Waals surface area contributed by atoms with E-state index in [1.54, 1.807) is 0 Å². The van der Waals surface area contributed by atoms with E-state index < -0.39 is 0 Å². The van der Waals surface area contributed by atoms with Gasteiger partial charge in [-0.15, -0.1) is 11.3 Å². The van der Waals surface area contributed by atoms with Gasteiger partial charge in [0.05, 0.1) is 11.2 Å². The summed E-state index contributed by atoms with van der Waals surface area (Å²) in [5, 5.41) is 5.70. The van der Waals surface area contributed by atoms with Crippen molar-refractivity contribution < 1.29 is 4.42 Å². The summed E-state index contributed by atoms with van der Waals surface area (Å²) < 4.78 is 8.61. The minimum atomic E-state index is 0.609. The summed E-state index contributed by atoms with van der Waals surface area (Å²) in [4.78, 5) is 20.2. The third kappa shape index (κ3) is 4.31. The van der Waals surface area contributed by atoms with Crippen molar-refractivity contribution in [2.24, 2.45) is 0 Å². The second-order valence-corrected chi connectivity index (χ2v) is 12.9. The quantitative estimate of drug-likeness (QED) is 0.193. The van der Waals surface area contributed by atoms with E-state index in [2.05, 4.69) is 84.9 Å². The Bertz CT molecular complexity index is 2840. The molecule has 0 aliphatic rings. The van der Waals surface area contributed by atoms with Crippen molar-refractivity contribution in [2.75, 3.05) is 0 Å². The van der Waals surface area contributed by atoms with Crippen LogP contribution in [-0.4, -0.2) is 19.9 Å². The highest BCUT2D eigenvalue weighted by Crippen LogP contribution is 2.43. The van der Waals surface area contributed by atoms with Crippen molar-refractivity contribution in [1.29, 1.82) is 0 Å². The van der Waals surface area contributed by atoms with Crippen LogP contribution < -0.4 is 0 Å². The molecule has 0 saturated carbocycles. The molecule has 6 heteroatoms. The van der Waals surface area contributed by atoms with Gasteiger partial charge >= 0.3 is 0 Å². The number of fused-ring (bicyclic) bond motifs is 8. The molecule has 48 heavy (non-hydrogen) atoms. The molecular formula is C42H24N4OS. The van der Waals surface area contributed by atoms with Crippen LogP contribution in [0.4, 0.5) is 0 Å². The molecule has 0 aliphatic heterocycles. The summed E-state index contributed by atoms with van der Waals surface area (Å²) in [6.07, 6.45) is 0. The van der Waals surface area contributed by atoms with Crippen LogP contribution >= 0.6 is 11.3 Å². The van der Waals surface area contributed by atoms with E-state index in [4.69, 9.17) is 24.4 Å². The molecule has 0 unspecified atom stereocenters. The predicted octanol–water partition coefficient (Wildman–Crippen LogP) is 11.4. The number of nitrogens with zero attached hydrogens (tertiary/aromatic N) is 4. The molecule has 5 nitrogen and oxygen atoms in total. The molecule has 0 aliphatic carbocycles. The first-order chi connectivity index (χ1) is 23.8. The van der Waals surface area contributed by atoms with Crippen molar-refractivity contribution >= 4 is 64.4 Å². The fourth-order valence-corrected chi connectivity index (χ4v) is 7.85. The number of pyridine rings is 1. The van der Waals surface area contributed by atoms with Crippen molar-refractivity contribution in [3.05, 3.63) is 146 Å². The summed E-state index contributed by atoms with van der Waals surface area (Å²) >= 11 is 1.83. The molecule has 0 saturated heterocycles. The maximum atomic E-state index is 6.09. The van der Waals surface area contributed by atoms with Crippen LogP contribution in [0.25, 0.3) is 98.4 Å². The third-order valence-electron chi connectivity index (χ3n) is 8.93. The highest BCUT2D eigenvalue weighted by Gasteiger charge is 2.18. The van der Waals surface area contributed by atoms with Crippen molar-refractivity contribution in [3.63, 3.8) is 0 Å². The number of hydrogen-bond acceptors (Lipinski definition) is 6. The lowest BCUT2D eigenvalue weighted by Crippen LogP contribution is -2.00. The molecule has 4 aromatic heterocycles. The Morgan fingerprint density at radius 2 is 1.00 bits per heavy atom. The zero-order valence-corrected chi connectivity index (χ0v) is 26.3. The zero-order chi connectivity index (χ0) is 31.6. The van der Waals surface area contributed by atoms with Gasteiger partial charge < -0.3 is 4.42 Å². The molecule has 224 valence electrons. The summed E-state index contributed by atoms with van der Waals surface area (Å²) in [6.45, 7) is 0. The maximum absolute atomic E-state index is 6.09. The fraction of sp³-hybridized carbons (Fsp3) is 0. The highest BCUT2D eigenvalue weighted by atomic mass is 32.1. The second-order valence-electron chi connectivity index (χ2n) is 11.8. The van der Waals surface area contributed by atoms with Gasteiger partial charge in [0.2, 0.25) is 0 Å². The molecular weight excluding hydrogens is 609 g/mol. The van der Waals surface area contributed by atoms with Crippen molar-refractivity contribution in [2.45, 2.75) is 0 Å². The van der Waals surface area contributed by atoms with E-state index in [0.717, 1.165) is 55.4 Å². The maximum Gasteiger partial charge on any atom is 0.164 e. The van der Waals surface area contributed by atoms with Crippen LogP contribution in [0.1, 0.15) is 0 Å². The Labute approximate surface area is 278 Å². The van der Waals surface area contributed by atoms with E-state index in [1.165, 1.54) is 25.6 Å². The van der Waals surface area contributed by atoms with Gasteiger partial charge in [-0.2, -0.15) is 0 Å². The normalized spacial score (nSPS) is 11.8. The molecule has 0 bridgehead atoms. The summed E-state index contributed by atoms with van der Waals surface area (Å²) in [7, 11) is 0. The molecule has 4 heterocycles. The van der Waals surface area contributed by atoms with Gasteiger partial charge in [-0.3, -0.25) is 0 Å². The second kappa shape index (κ2) is 10.7. The zero-order valence-electron chi connectivity index (χ0n) is 25.5. The smallest absolute Gasteiger partial charge is 0.164 e. The first-order valence-electron chi connectivity index (χ1n) is 15.8. The highest BCUT2D eigenvalue weighted by molar-refractivity contribution is 7.26. The molecule has 10 aromatic rings. The van der Waals surface area contributed by atoms with Crippen LogP contribution in [0.5, 0.6) is 0 Å². The van der Waals surface area contributed by atoms with E-state index in [-0.39, 0.29) is 0 Å². The number of thiophene rings is 1. The molecule has 0 amide bonds. The number of aromatic nitrogens is 4. The molecule has 0 spiro atoms. The lowest BCUT2D eigenvalue weighted by molar-refractivity contribution is 0.669. The predicted molar refractivity (Wildman–Crippen MR) is 197 cm³/mol. The Balaban J connectivity index is 1.13. The molecule has 0 radical (unpaired) electrons. The summed E-state index contributed by atoms with van der Waals surface area (Å²) in [5.74, 6) is 1.84. The molecule has 0 atom stereocenters. The van der Waals surface area contributed by atoms with Gasteiger partial charge in [-0.05, 0) is 36.4 Å². The molecule has 6 aromatic carbocycles. The Kier molecular flexibility index (Phi) is 5.98. The van der Waals surface area contributed by atoms with E-state index >= 15 is 0 Å². The van der Waals surface area contributed by atoms with Crippen molar-refractivity contribution in [1.82, 2.24) is 19.9 Å². The van der Waals surface area contributed by atoms with Gasteiger partial charge in [-0.25, -0.2) is 19.9 Å². The Morgan fingerprint density at radius 3 is 1.81 bits per heavy atom. The number of rotatable bonds is 4. The summed E-state index contributed by atoms with van der Waals surface area (Å²) in [6, 6.07) is 49.7. The molecule has 10 rings (SSSR count). The number of hydrogen-bond donors (Lipinski definition) is 0. The fourth-order valence-electron chi connectivity index (χ4n) is 6.61. The average Bonchev–Trinajstić information content (AvgIpc) is 3.74. The Morgan fingerprint density at radius 1 is 0.417 bits per heavy atom. The minimum Gasteiger partial charge on any atom is -0.456 e. The Hall–Kier alpha value is -6.24. The third-order valence-corrected chi connectivity index (χ3v) is 10.1. The number of benzene rings is 6. The van der Waals surface area contributed by atoms with Gasteiger partial charge in [0, 0.05) is 58.6 Å². The van der Waals surface area contributed by atoms with Crippen LogP contribution in [-0.2, 0) is 0 Å². The van der Waals surface area contributed by atoms with Gasteiger partial charge in [0.1, 0.15) is 11.2 Å². The van der Waals surface area contributed by atoms with Crippen LogP contribution in [0.15, 0.2) is 150 Å². The van der Waals surface area contributed by atoms with E-state index in [0.29, 0.717) is 17.5 Å². The standard InChI is InChI=1S/C42H24N4OS/c1-2-10-26(11-3-1)40-44-41(46-42(45-40)28-22-23-35-32(24-28)29-12-5-8-16-34(29)47-35)27-20-18-25(19-21-27)38-37-31-14-6-9-17-36(31)48-39(37)30-13-4-7-15-33(30)43-38/h1-24H. The number of para-hydroxylation sites is 2. The lowest BCUT2D eigenvalue weighted by atomic mass is 10.0. The van der Waals surface area contributed by atoms with Crippen molar-refractivity contribution in [3.8, 4) is 45.4 Å². The summed E-state index contributed by atoms with van der Waals surface area (Å²) in [5.41, 5.74) is 7.46. The largest absolute Gasteiger partial charge is 0.456 e. The number of furan rings is 1. The van der Waals surface area contributed by atoms with E-state index in [9.17, 15) is 0 Å². The topological polar surface area (TPSA) is 64.7 Å². The average molecular weight is 633 g/mol.